The van der Waals surface area contributed by atoms with E-state index >= 15 is 0 Å². The Balaban J connectivity index is 1.92. The third kappa shape index (κ3) is 1.87. The van der Waals surface area contributed by atoms with Crippen LogP contribution in [0.15, 0.2) is 53.8 Å². The van der Waals surface area contributed by atoms with Crippen molar-refractivity contribution in [3.63, 3.8) is 0 Å². The number of rotatable bonds is 2. The number of hydrogen-bond donors (Lipinski definition) is 1. The maximum absolute atomic E-state index is 12.0. The van der Waals surface area contributed by atoms with Crippen molar-refractivity contribution in [3.05, 3.63) is 59.9 Å². The van der Waals surface area contributed by atoms with E-state index in [9.17, 15) is 4.79 Å². The Hall–Kier alpha value is -2.79. The van der Waals surface area contributed by atoms with Crippen molar-refractivity contribution in [2.75, 3.05) is 13.1 Å². The van der Waals surface area contributed by atoms with Crippen LogP contribution in [0.1, 0.15) is 15.9 Å². The first-order chi connectivity index (χ1) is 10.8. The number of nitrogens with two attached hydrogens (primary N) is 1. The number of imidazole rings is 1. The van der Waals surface area contributed by atoms with E-state index < -0.39 is 0 Å². The van der Waals surface area contributed by atoms with Crippen LogP contribution in [0, 0.1) is 0 Å². The zero-order chi connectivity index (χ0) is 15.1. The molecule has 1 aliphatic rings. The average Bonchev–Trinajstić information content (AvgIpc) is 2.99. The number of aliphatic imine (C=N–C) groups is 1. The van der Waals surface area contributed by atoms with E-state index in [4.69, 9.17) is 5.73 Å². The van der Waals surface area contributed by atoms with Crippen molar-refractivity contribution in [1.82, 2.24) is 9.38 Å². The number of fused-ring (bicyclic) bond motifs is 2. The highest BCUT2D eigenvalue weighted by Gasteiger charge is 2.20. The van der Waals surface area contributed by atoms with Gasteiger partial charge in [-0.15, -0.1) is 0 Å². The number of carbonyl (C=O) groups excluding carboxylic acids is 1. The molecule has 0 saturated carbocycles. The molecule has 5 nitrogen and oxygen atoms in total. The van der Waals surface area contributed by atoms with Crippen LogP contribution in [-0.4, -0.2) is 34.0 Å². The Morgan fingerprint density at radius 3 is 2.95 bits per heavy atom. The average molecular weight is 290 g/mol. The van der Waals surface area contributed by atoms with E-state index in [0.29, 0.717) is 12.1 Å². The van der Waals surface area contributed by atoms with Crippen molar-refractivity contribution in [3.8, 4) is 11.3 Å². The van der Waals surface area contributed by atoms with Gasteiger partial charge in [0.25, 0.3) is 0 Å². The molecule has 0 amide bonds. The number of ketones is 1. The van der Waals surface area contributed by atoms with Crippen LogP contribution in [0.25, 0.3) is 16.9 Å². The Bertz CT molecular complexity index is 923. The van der Waals surface area contributed by atoms with Gasteiger partial charge in [0.1, 0.15) is 12.2 Å². The van der Waals surface area contributed by atoms with Crippen molar-refractivity contribution < 1.29 is 4.79 Å². The molecule has 0 fully saturated rings. The molecular formula is C17H14N4O. The van der Waals surface area contributed by atoms with Gasteiger partial charge in [-0.25, -0.2) is 4.98 Å². The minimum Gasteiger partial charge on any atom is -0.325 e. The zero-order valence-corrected chi connectivity index (χ0v) is 11.9. The zero-order valence-electron chi connectivity index (χ0n) is 11.9. The largest absolute Gasteiger partial charge is 0.325 e. The number of hydrogen-bond acceptors (Lipinski definition) is 4. The molecule has 108 valence electrons. The van der Waals surface area contributed by atoms with Gasteiger partial charge in [0.05, 0.1) is 17.6 Å². The predicted molar refractivity (Wildman–Crippen MR) is 85.4 cm³/mol. The Labute approximate surface area is 127 Å². The molecule has 0 radical (unpaired) electrons. The van der Waals surface area contributed by atoms with Gasteiger partial charge in [-0.3, -0.25) is 14.2 Å². The highest BCUT2D eigenvalue weighted by atomic mass is 16.1. The van der Waals surface area contributed by atoms with E-state index in [2.05, 4.69) is 9.98 Å². The molecular weight excluding hydrogens is 276 g/mol. The number of nitrogens with zero attached hydrogens (tertiary/aromatic N) is 3. The van der Waals surface area contributed by atoms with E-state index in [-0.39, 0.29) is 12.3 Å². The van der Waals surface area contributed by atoms with E-state index in [0.717, 1.165) is 28.2 Å². The number of benzene rings is 1. The van der Waals surface area contributed by atoms with Gasteiger partial charge in [0.2, 0.25) is 0 Å². The third-order valence-electron chi connectivity index (χ3n) is 3.95. The standard InChI is InChI=1S/C17H14N4O/c18-8-14-13-7-11(4-5-12(13)16(22)10-19-14)15-9-20-17-3-1-2-6-21(15)17/h1-7,9H,8,10,18H2. The molecule has 0 saturated heterocycles. The van der Waals surface area contributed by atoms with Crippen LogP contribution in [0.2, 0.25) is 0 Å². The summed E-state index contributed by atoms with van der Waals surface area (Å²) in [5, 5.41) is 0. The molecule has 2 aromatic heterocycles. The fourth-order valence-electron chi connectivity index (χ4n) is 2.84. The van der Waals surface area contributed by atoms with Gasteiger partial charge in [0.15, 0.2) is 5.78 Å². The van der Waals surface area contributed by atoms with Gasteiger partial charge in [-0.2, -0.15) is 0 Å². The van der Waals surface area contributed by atoms with Crippen molar-refractivity contribution in [2.24, 2.45) is 10.7 Å². The molecule has 2 N–H and O–H groups in total. The summed E-state index contributed by atoms with van der Waals surface area (Å²) in [6.07, 6.45) is 3.81. The number of aromatic nitrogens is 2. The van der Waals surface area contributed by atoms with Crippen LogP contribution >= 0.6 is 0 Å². The van der Waals surface area contributed by atoms with Crippen molar-refractivity contribution >= 4 is 17.1 Å². The summed E-state index contributed by atoms with van der Waals surface area (Å²) in [7, 11) is 0. The Morgan fingerprint density at radius 1 is 1.18 bits per heavy atom. The summed E-state index contributed by atoms with van der Waals surface area (Å²) < 4.78 is 2.02. The quantitative estimate of drug-likeness (QED) is 0.784. The molecule has 0 bridgehead atoms. The summed E-state index contributed by atoms with van der Waals surface area (Å²) in [4.78, 5) is 20.7. The van der Waals surface area contributed by atoms with Crippen molar-refractivity contribution in [1.29, 1.82) is 0 Å². The summed E-state index contributed by atoms with van der Waals surface area (Å²) in [6, 6.07) is 11.7. The maximum atomic E-state index is 12.0. The van der Waals surface area contributed by atoms with Gasteiger partial charge in [-0.1, -0.05) is 12.1 Å². The van der Waals surface area contributed by atoms with Crippen molar-refractivity contribution in [2.45, 2.75) is 0 Å². The van der Waals surface area contributed by atoms with E-state index in [1.54, 1.807) is 0 Å². The molecule has 5 heteroatoms. The van der Waals surface area contributed by atoms with Gasteiger partial charge in [0, 0.05) is 29.4 Å². The van der Waals surface area contributed by atoms with Gasteiger partial charge < -0.3 is 5.73 Å². The van der Waals surface area contributed by atoms with Crippen LogP contribution < -0.4 is 5.73 Å². The fourth-order valence-corrected chi connectivity index (χ4v) is 2.84. The molecule has 0 unspecified atom stereocenters. The Kier molecular flexibility index (Phi) is 2.87. The molecule has 1 aromatic carbocycles. The molecule has 0 spiro atoms. The molecule has 1 aliphatic heterocycles. The second kappa shape index (κ2) is 4.89. The monoisotopic (exact) mass is 290 g/mol. The molecule has 0 aliphatic carbocycles. The van der Waals surface area contributed by atoms with Crippen LogP contribution in [0.5, 0.6) is 0 Å². The van der Waals surface area contributed by atoms with Crippen LogP contribution in [-0.2, 0) is 0 Å². The molecule has 22 heavy (non-hydrogen) atoms. The normalized spacial score (nSPS) is 14.0. The van der Waals surface area contributed by atoms with E-state index in [1.165, 1.54) is 0 Å². The number of Topliss-reactive ketones (excluding diaryl/α,β-unsaturated/α-hetero) is 1. The highest BCUT2D eigenvalue weighted by Crippen LogP contribution is 2.26. The Morgan fingerprint density at radius 2 is 2.09 bits per heavy atom. The molecule has 3 aromatic rings. The fraction of sp³-hybridized carbons (Fsp3) is 0.118. The first-order valence-corrected chi connectivity index (χ1v) is 7.11. The third-order valence-corrected chi connectivity index (χ3v) is 3.95. The highest BCUT2D eigenvalue weighted by molar-refractivity contribution is 6.16. The lowest BCUT2D eigenvalue weighted by molar-refractivity contribution is 0.1000. The van der Waals surface area contributed by atoms with Gasteiger partial charge in [-0.05, 0) is 24.3 Å². The second-order valence-corrected chi connectivity index (χ2v) is 5.22. The SMILES string of the molecule is NCC1=NCC(=O)c2ccc(-c3cnc4ccccn34)cc21. The van der Waals surface area contributed by atoms with Crippen LogP contribution in [0.3, 0.4) is 0 Å². The maximum Gasteiger partial charge on any atom is 0.184 e. The minimum atomic E-state index is 0.0388. The first-order valence-electron chi connectivity index (χ1n) is 7.11. The number of carbonyl (C=O) groups is 1. The number of pyridine rings is 1. The summed E-state index contributed by atoms with van der Waals surface area (Å²) in [6.45, 7) is 0.519. The summed E-state index contributed by atoms with van der Waals surface area (Å²) >= 11 is 0. The van der Waals surface area contributed by atoms with Crippen LogP contribution in [0.4, 0.5) is 0 Å². The topological polar surface area (TPSA) is 72.8 Å². The van der Waals surface area contributed by atoms with E-state index in [1.807, 2.05) is 53.2 Å². The molecule has 3 heterocycles. The summed E-state index contributed by atoms with van der Waals surface area (Å²) in [5.41, 5.74) is 10.9. The lowest BCUT2D eigenvalue weighted by atomic mass is 9.94. The summed E-state index contributed by atoms with van der Waals surface area (Å²) in [5.74, 6) is 0.0388. The second-order valence-electron chi connectivity index (χ2n) is 5.22. The van der Waals surface area contributed by atoms with Gasteiger partial charge >= 0.3 is 0 Å². The predicted octanol–water partition coefficient (Wildman–Crippen LogP) is 1.95. The smallest absolute Gasteiger partial charge is 0.184 e. The lowest BCUT2D eigenvalue weighted by Crippen LogP contribution is -2.24. The molecule has 4 rings (SSSR count). The first kappa shape index (κ1) is 12.9. The minimum absolute atomic E-state index is 0.0388. The molecule has 0 atom stereocenters. The lowest BCUT2D eigenvalue weighted by Gasteiger charge is -2.16.